The Morgan fingerprint density at radius 2 is 2.25 bits per heavy atom. The molecule has 1 aromatic rings. The van der Waals surface area contributed by atoms with Crippen LogP contribution in [-0.4, -0.2) is 35.5 Å². The van der Waals surface area contributed by atoms with Gasteiger partial charge in [0.25, 0.3) is 0 Å². The Morgan fingerprint density at radius 1 is 1.56 bits per heavy atom. The van der Waals surface area contributed by atoms with E-state index in [0.29, 0.717) is 12.8 Å². The number of hydrogen-bond donors (Lipinski definition) is 1. The lowest BCUT2D eigenvalue weighted by atomic mass is 10.3. The number of hydrogen-bond acceptors (Lipinski definition) is 4. The van der Waals surface area contributed by atoms with Gasteiger partial charge in [-0.2, -0.15) is 0 Å². The molecule has 1 aromatic heterocycles. The molecular weight excluding hydrogens is 226 g/mol. The zero-order chi connectivity index (χ0) is 12.2. The largest absolute Gasteiger partial charge is 0.338 e. The second-order valence-corrected chi connectivity index (χ2v) is 6.22. The molecule has 5 nitrogen and oxygen atoms in total. The normalized spacial score (nSPS) is 13.9. The molecule has 0 aliphatic carbocycles. The maximum absolute atomic E-state index is 11.7. The summed E-state index contributed by atoms with van der Waals surface area (Å²) in [5.41, 5.74) is 5.64. The molecule has 92 valence electrons. The summed E-state index contributed by atoms with van der Waals surface area (Å²) in [6.07, 6.45) is 4.60. The number of nitrogens with two attached hydrogens (primary N) is 1. The van der Waals surface area contributed by atoms with E-state index < -0.39 is 9.84 Å². The molecule has 0 aliphatic heterocycles. The van der Waals surface area contributed by atoms with Crippen molar-refractivity contribution < 1.29 is 8.42 Å². The highest BCUT2D eigenvalue weighted by atomic mass is 32.2. The third kappa shape index (κ3) is 3.94. The third-order valence-electron chi connectivity index (χ3n) is 2.55. The molecule has 0 saturated carbocycles. The number of aryl methyl sites for hydroxylation is 2. The number of sulfone groups is 1. The van der Waals surface area contributed by atoms with Crippen LogP contribution in [0.5, 0.6) is 0 Å². The summed E-state index contributed by atoms with van der Waals surface area (Å²) in [7, 11) is -1.21. The molecule has 1 rings (SSSR count). The lowest BCUT2D eigenvalue weighted by Gasteiger charge is -2.09. The van der Waals surface area contributed by atoms with Crippen LogP contribution < -0.4 is 5.73 Å². The summed E-state index contributed by atoms with van der Waals surface area (Å²) < 4.78 is 25.2. The molecule has 0 spiro atoms. The van der Waals surface area contributed by atoms with Crippen LogP contribution in [0.3, 0.4) is 0 Å². The maximum atomic E-state index is 11.7. The van der Waals surface area contributed by atoms with E-state index in [1.807, 2.05) is 18.5 Å². The van der Waals surface area contributed by atoms with Gasteiger partial charge in [0, 0.05) is 31.9 Å². The fraction of sp³-hybridized carbons (Fsp3) is 0.700. The van der Waals surface area contributed by atoms with Crippen molar-refractivity contribution in [3.8, 4) is 0 Å². The van der Waals surface area contributed by atoms with Crippen molar-refractivity contribution in [1.82, 2.24) is 9.55 Å². The summed E-state index contributed by atoms with van der Waals surface area (Å²) in [5.74, 6) is 0.966. The lowest BCUT2D eigenvalue weighted by molar-refractivity contribution is 0.582. The lowest BCUT2D eigenvalue weighted by Crippen LogP contribution is -2.30. The molecule has 0 aromatic carbocycles. The topological polar surface area (TPSA) is 78.0 Å². The van der Waals surface area contributed by atoms with Gasteiger partial charge >= 0.3 is 0 Å². The molecular formula is C10H19N3O2S. The fourth-order valence-corrected chi connectivity index (χ4v) is 2.96. The first-order valence-electron chi connectivity index (χ1n) is 5.37. The van der Waals surface area contributed by atoms with Crippen LogP contribution in [0.4, 0.5) is 0 Å². The summed E-state index contributed by atoms with van der Waals surface area (Å²) in [4.78, 5) is 4.09. The Morgan fingerprint density at radius 3 is 2.75 bits per heavy atom. The molecule has 0 saturated heterocycles. The van der Waals surface area contributed by atoms with Crippen molar-refractivity contribution in [2.75, 3.05) is 11.5 Å². The Bertz CT molecular complexity index is 425. The van der Waals surface area contributed by atoms with E-state index in [4.69, 9.17) is 5.73 Å². The predicted molar refractivity (Wildman–Crippen MR) is 63.8 cm³/mol. The number of nitrogens with zero attached hydrogens (tertiary/aromatic N) is 2. The van der Waals surface area contributed by atoms with E-state index in [0.717, 1.165) is 5.82 Å². The first kappa shape index (κ1) is 13.2. The molecule has 1 unspecified atom stereocenters. The number of imidazole rings is 1. The first-order valence-corrected chi connectivity index (χ1v) is 7.19. The molecule has 0 bridgehead atoms. The number of rotatable bonds is 6. The van der Waals surface area contributed by atoms with Crippen LogP contribution in [0.25, 0.3) is 0 Å². The van der Waals surface area contributed by atoms with Crippen molar-refractivity contribution in [3.05, 3.63) is 18.2 Å². The fourth-order valence-electron chi connectivity index (χ4n) is 1.41. The monoisotopic (exact) mass is 245 g/mol. The van der Waals surface area contributed by atoms with E-state index in [1.54, 1.807) is 12.4 Å². The molecule has 0 fully saturated rings. The van der Waals surface area contributed by atoms with Gasteiger partial charge in [0.15, 0.2) is 9.84 Å². The SMILES string of the molecule is CCC(N)CS(=O)(=O)CCc1nccn1C. The Balaban J connectivity index is 2.52. The highest BCUT2D eigenvalue weighted by Gasteiger charge is 2.16. The minimum Gasteiger partial charge on any atom is -0.338 e. The third-order valence-corrected chi connectivity index (χ3v) is 4.31. The highest BCUT2D eigenvalue weighted by molar-refractivity contribution is 7.91. The molecule has 1 heterocycles. The average Bonchev–Trinajstić information content (AvgIpc) is 2.60. The minimum absolute atomic E-state index is 0.0634. The molecule has 0 aliphatic rings. The molecule has 0 amide bonds. The molecule has 0 radical (unpaired) electrons. The highest BCUT2D eigenvalue weighted by Crippen LogP contribution is 2.02. The summed E-state index contributed by atoms with van der Waals surface area (Å²) in [6, 6.07) is -0.258. The van der Waals surface area contributed by atoms with Gasteiger partial charge in [-0.3, -0.25) is 0 Å². The molecule has 1 atom stereocenters. The standard InChI is InChI=1S/C10H19N3O2S/c1-3-9(11)8-16(14,15)7-4-10-12-5-6-13(10)2/h5-6,9H,3-4,7-8,11H2,1-2H3. The van der Waals surface area contributed by atoms with E-state index in [9.17, 15) is 8.42 Å². The first-order chi connectivity index (χ1) is 7.44. The summed E-state index contributed by atoms with van der Waals surface area (Å²) >= 11 is 0. The quantitative estimate of drug-likeness (QED) is 0.772. The van der Waals surface area contributed by atoms with Crippen molar-refractivity contribution >= 4 is 9.84 Å². The van der Waals surface area contributed by atoms with Gasteiger partial charge in [-0.25, -0.2) is 13.4 Å². The van der Waals surface area contributed by atoms with E-state index in [1.165, 1.54) is 0 Å². The van der Waals surface area contributed by atoms with Gasteiger partial charge in [-0.1, -0.05) is 6.92 Å². The zero-order valence-electron chi connectivity index (χ0n) is 9.76. The van der Waals surface area contributed by atoms with Crippen LogP contribution in [0.15, 0.2) is 12.4 Å². The van der Waals surface area contributed by atoms with E-state index in [-0.39, 0.29) is 17.5 Å². The van der Waals surface area contributed by atoms with Gasteiger partial charge in [-0.15, -0.1) is 0 Å². The number of aromatic nitrogens is 2. The van der Waals surface area contributed by atoms with Crippen molar-refractivity contribution in [3.63, 3.8) is 0 Å². The Labute approximate surface area is 96.6 Å². The second-order valence-electron chi connectivity index (χ2n) is 3.99. The van der Waals surface area contributed by atoms with Crippen molar-refractivity contribution in [2.45, 2.75) is 25.8 Å². The van der Waals surface area contributed by atoms with Crippen molar-refractivity contribution in [1.29, 1.82) is 0 Å². The van der Waals surface area contributed by atoms with Crippen LogP contribution in [0.2, 0.25) is 0 Å². The maximum Gasteiger partial charge on any atom is 0.152 e. The van der Waals surface area contributed by atoms with Gasteiger partial charge in [0.2, 0.25) is 0 Å². The van der Waals surface area contributed by atoms with E-state index >= 15 is 0 Å². The van der Waals surface area contributed by atoms with E-state index in [2.05, 4.69) is 4.98 Å². The average molecular weight is 245 g/mol. The van der Waals surface area contributed by atoms with Crippen LogP contribution in [-0.2, 0) is 23.3 Å². The Kier molecular flexibility index (Phi) is 4.49. The smallest absolute Gasteiger partial charge is 0.152 e. The van der Waals surface area contributed by atoms with Gasteiger partial charge in [-0.05, 0) is 6.42 Å². The molecule has 6 heteroatoms. The summed E-state index contributed by atoms with van der Waals surface area (Å²) in [6.45, 7) is 1.89. The van der Waals surface area contributed by atoms with Crippen LogP contribution in [0.1, 0.15) is 19.2 Å². The van der Waals surface area contributed by atoms with Gasteiger partial charge in [0.1, 0.15) is 5.82 Å². The Hall–Kier alpha value is -0.880. The van der Waals surface area contributed by atoms with Gasteiger partial charge < -0.3 is 10.3 Å². The van der Waals surface area contributed by atoms with Crippen LogP contribution >= 0.6 is 0 Å². The minimum atomic E-state index is -3.06. The zero-order valence-corrected chi connectivity index (χ0v) is 10.6. The molecule has 16 heavy (non-hydrogen) atoms. The summed E-state index contributed by atoms with van der Waals surface area (Å²) in [5, 5.41) is 0. The second kappa shape index (κ2) is 5.45. The molecule has 2 N–H and O–H groups in total. The predicted octanol–water partition coefficient (Wildman–Crippen LogP) is 0.115. The van der Waals surface area contributed by atoms with Crippen molar-refractivity contribution in [2.24, 2.45) is 12.8 Å². The van der Waals surface area contributed by atoms with Gasteiger partial charge in [0.05, 0.1) is 11.5 Å². The van der Waals surface area contributed by atoms with Crippen LogP contribution in [0, 0.1) is 0 Å².